The fraction of sp³-hybridized carbons (Fsp3) is 0.895. The second kappa shape index (κ2) is 16.9. The summed E-state index contributed by atoms with van der Waals surface area (Å²) in [5.41, 5.74) is 0. The maximum absolute atomic E-state index is 11.5. The lowest BCUT2D eigenvalue weighted by Gasteiger charge is -2.22. The summed E-state index contributed by atoms with van der Waals surface area (Å²) in [5, 5.41) is 8.49. The molecule has 2 heterocycles. The van der Waals surface area contributed by atoms with Gasteiger partial charge in [0.15, 0.2) is 0 Å². The van der Waals surface area contributed by atoms with Crippen LogP contribution < -0.4 is 0 Å². The van der Waals surface area contributed by atoms with Gasteiger partial charge in [-0.25, -0.2) is 0 Å². The number of aliphatic carboxylic acids is 1. The molecule has 2 rings (SSSR count). The Morgan fingerprint density at radius 2 is 1.33 bits per heavy atom. The normalized spacial score (nSPS) is 19.6. The van der Waals surface area contributed by atoms with Crippen LogP contribution in [0.4, 0.5) is 0 Å². The molecule has 8 nitrogen and oxygen atoms in total. The van der Waals surface area contributed by atoms with E-state index in [1.54, 1.807) is 0 Å². The van der Waals surface area contributed by atoms with E-state index in [-0.39, 0.29) is 25.1 Å². The van der Waals surface area contributed by atoms with E-state index in [9.17, 15) is 9.59 Å². The summed E-state index contributed by atoms with van der Waals surface area (Å²) < 4.78 is 25.6. The molecule has 0 aliphatic carbocycles. The fourth-order valence-electron chi connectivity index (χ4n) is 2.58. The zero-order valence-corrected chi connectivity index (χ0v) is 16.2. The van der Waals surface area contributed by atoms with Crippen molar-refractivity contribution in [1.29, 1.82) is 0 Å². The Labute approximate surface area is 161 Å². The molecule has 27 heavy (non-hydrogen) atoms. The second-order valence-corrected chi connectivity index (χ2v) is 6.49. The SMILES string of the molecule is C1COCCO1.O=C(O)CCCCCCCCC(=O)OCC1COCCO1. The van der Waals surface area contributed by atoms with Crippen molar-refractivity contribution in [1.82, 2.24) is 0 Å². The maximum atomic E-state index is 11.5. The first-order chi connectivity index (χ1) is 13.2. The van der Waals surface area contributed by atoms with Gasteiger partial charge in [0.1, 0.15) is 12.7 Å². The lowest BCUT2D eigenvalue weighted by atomic mass is 10.1. The minimum atomic E-state index is -0.731. The van der Waals surface area contributed by atoms with Crippen molar-refractivity contribution in [3.05, 3.63) is 0 Å². The quantitative estimate of drug-likeness (QED) is 0.423. The van der Waals surface area contributed by atoms with Gasteiger partial charge in [0.25, 0.3) is 0 Å². The van der Waals surface area contributed by atoms with Crippen molar-refractivity contribution in [2.45, 2.75) is 57.5 Å². The summed E-state index contributed by atoms with van der Waals surface area (Å²) >= 11 is 0. The smallest absolute Gasteiger partial charge is 0.305 e. The molecule has 0 radical (unpaired) electrons. The van der Waals surface area contributed by atoms with Crippen LogP contribution in [-0.4, -0.2) is 76.0 Å². The first-order valence-electron chi connectivity index (χ1n) is 9.90. The van der Waals surface area contributed by atoms with Crippen molar-refractivity contribution < 1.29 is 38.4 Å². The number of unbranched alkanes of at least 4 members (excludes halogenated alkanes) is 5. The number of esters is 1. The van der Waals surface area contributed by atoms with Crippen LogP contribution in [0.15, 0.2) is 0 Å². The molecule has 2 aliphatic heterocycles. The average Bonchev–Trinajstić information content (AvgIpc) is 2.71. The van der Waals surface area contributed by atoms with Gasteiger partial charge in [-0.1, -0.05) is 25.7 Å². The van der Waals surface area contributed by atoms with Crippen LogP contribution in [-0.2, 0) is 33.3 Å². The summed E-state index contributed by atoms with van der Waals surface area (Å²) in [6.07, 6.45) is 6.09. The first kappa shape index (κ1) is 23.8. The Hall–Kier alpha value is -1.22. The highest BCUT2D eigenvalue weighted by molar-refractivity contribution is 5.69. The highest BCUT2D eigenvalue weighted by Gasteiger charge is 2.16. The molecular weight excluding hydrogens is 356 g/mol. The number of carbonyl (C=O) groups excluding carboxylic acids is 1. The van der Waals surface area contributed by atoms with E-state index in [1.807, 2.05) is 0 Å². The van der Waals surface area contributed by atoms with Crippen molar-refractivity contribution >= 4 is 11.9 Å². The number of ether oxygens (including phenoxy) is 5. The van der Waals surface area contributed by atoms with E-state index in [0.29, 0.717) is 26.2 Å². The average molecular weight is 390 g/mol. The number of rotatable bonds is 11. The number of carboxylic acid groups (broad SMARTS) is 1. The Balaban J connectivity index is 0.000000511. The minimum Gasteiger partial charge on any atom is -0.481 e. The zero-order valence-electron chi connectivity index (χ0n) is 16.2. The summed E-state index contributed by atoms with van der Waals surface area (Å²) in [6, 6.07) is 0. The number of carboxylic acids is 1. The largest absolute Gasteiger partial charge is 0.481 e. The highest BCUT2D eigenvalue weighted by Crippen LogP contribution is 2.09. The van der Waals surface area contributed by atoms with E-state index in [1.165, 1.54) is 0 Å². The highest BCUT2D eigenvalue weighted by atomic mass is 16.6. The molecule has 2 aliphatic rings. The summed E-state index contributed by atoms with van der Waals surface area (Å²) in [7, 11) is 0. The summed E-state index contributed by atoms with van der Waals surface area (Å²) in [6.45, 7) is 5.04. The lowest BCUT2D eigenvalue weighted by molar-refractivity contribution is -0.155. The van der Waals surface area contributed by atoms with E-state index < -0.39 is 5.97 Å². The number of hydrogen-bond acceptors (Lipinski definition) is 7. The van der Waals surface area contributed by atoms with Crippen molar-refractivity contribution in [2.24, 2.45) is 0 Å². The molecule has 8 heteroatoms. The third-order valence-corrected chi connectivity index (χ3v) is 4.08. The molecule has 0 aromatic carbocycles. The second-order valence-electron chi connectivity index (χ2n) is 6.49. The Kier molecular flexibility index (Phi) is 14.9. The van der Waals surface area contributed by atoms with Crippen LogP contribution in [0.2, 0.25) is 0 Å². The van der Waals surface area contributed by atoms with Gasteiger partial charge in [-0.2, -0.15) is 0 Å². The fourth-order valence-corrected chi connectivity index (χ4v) is 2.58. The summed E-state index contributed by atoms with van der Waals surface area (Å²) in [4.78, 5) is 21.8. The van der Waals surface area contributed by atoms with Crippen molar-refractivity contribution in [3.63, 3.8) is 0 Å². The lowest BCUT2D eigenvalue weighted by Crippen LogP contribution is -2.33. The van der Waals surface area contributed by atoms with Crippen molar-refractivity contribution in [3.8, 4) is 0 Å². The number of carbonyl (C=O) groups is 2. The first-order valence-corrected chi connectivity index (χ1v) is 9.90. The van der Waals surface area contributed by atoms with Crippen molar-refractivity contribution in [2.75, 3.05) is 52.9 Å². The Morgan fingerprint density at radius 3 is 1.85 bits per heavy atom. The summed E-state index contributed by atoms with van der Waals surface area (Å²) in [5.74, 6) is -0.917. The van der Waals surface area contributed by atoms with Gasteiger partial charge in [0, 0.05) is 12.8 Å². The third kappa shape index (κ3) is 15.5. The molecule has 1 atom stereocenters. The number of hydrogen-bond donors (Lipinski definition) is 1. The standard InChI is InChI=1S/C15H26O6.C4H8O2/c16-14(17)7-5-3-1-2-4-6-8-15(18)21-12-13-11-19-9-10-20-13;1-2-6-4-3-5-1/h13H,1-12H2,(H,16,17);1-4H2. The molecule has 0 aromatic rings. The molecular formula is C19H34O8. The van der Waals surface area contributed by atoms with Gasteiger partial charge in [0.05, 0.1) is 46.2 Å². The van der Waals surface area contributed by atoms with Gasteiger partial charge >= 0.3 is 11.9 Å². The van der Waals surface area contributed by atoms with Gasteiger partial charge in [-0.15, -0.1) is 0 Å². The predicted octanol–water partition coefficient (Wildman–Crippen LogP) is 2.18. The van der Waals surface area contributed by atoms with Gasteiger partial charge in [-0.05, 0) is 12.8 Å². The van der Waals surface area contributed by atoms with Gasteiger partial charge in [0.2, 0.25) is 0 Å². The molecule has 0 spiro atoms. The maximum Gasteiger partial charge on any atom is 0.305 e. The topological polar surface area (TPSA) is 101 Å². The van der Waals surface area contributed by atoms with Gasteiger partial charge < -0.3 is 28.8 Å². The van der Waals surface area contributed by atoms with Crippen LogP contribution in [0, 0.1) is 0 Å². The van der Waals surface area contributed by atoms with Crippen LogP contribution in [0.1, 0.15) is 51.4 Å². The van der Waals surface area contributed by atoms with Gasteiger partial charge in [-0.3, -0.25) is 9.59 Å². The zero-order chi connectivity index (χ0) is 19.6. The van der Waals surface area contributed by atoms with E-state index in [4.69, 9.17) is 28.8 Å². The monoisotopic (exact) mass is 390 g/mol. The van der Waals surface area contributed by atoms with Crippen LogP contribution >= 0.6 is 0 Å². The predicted molar refractivity (Wildman–Crippen MR) is 97.7 cm³/mol. The Bertz CT molecular complexity index is 366. The van der Waals surface area contributed by atoms with E-state index in [2.05, 4.69) is 0 Å². The third-order valence-electron chi connectivity index (χ3n) is 4.08. The molecule has 0 bridgehead atoms. The van der Waals surface area contributed by atoms with E-state index in [0.717, 1.165) is 65.0 Å². The molecule has 2 fully saturated rings. The van der Waals surface area contributed by atoms with E-state index >= 15 is 0 Å². The molecule has 0 aromatic heterocycles. The molecule has 1 N–H and O–H groups in total. The van der Waals surface area contributed by atoms with Crippen LogP contribution in [0.3, 0.4) is 0 Å². The van der Waals surface area contributed by atoms with Crippen LogP contribution in [0.5, 0.6) is 0 Å². The Morgan fingerprint density at radius 1 is 0.778 bits per heavy atom. The molecule has 0 amide bonds. The molecule has 2 saturated heterocycles. The molecule has 158 valence electrons. The molecule has 1 unspecified atom stereocenters. The van der Waals surface area contributed by atoms with Crippen LogP contribution in [0.25, 0.3) is 0 Å². The molecule has 0 saturated carbocycles. The minimum absolute atomic E-state index is 0.128.